The van der Waals surface area contributed by atoms with Gasteiger partial charge in [0.1, 0.15) is 0 Å². The van der Waals surface area contributed by atoms with Crippen LogP contribution in [0.5, 0.6) is 0 Å². The number of hydrogen-bond acceptors (Lipinski definition) is 0. The molecule has 0 N–H and O–H groups in total. The molecule has 0 aromatic carbocycles. The first kappa shape index (κ1) is 20.7. The van der Waals surface area contributed by atoms with Crippen molar-refractivity contribution in [2.75, 3.05) is 0 Å². The Morgan fingerprint density at radius 3 is 2.00 bits per heavy atom. The summed E-state index contributed by atoms with van der Waals surface area (Å²) in [5.41, 5.74) is 0.448. The van der Waals surface area contributed by atoms with Crippen LogP contribution in [0, 0.1) is 29.1 Å². The lowest BCUT2D eigenvalue weighted by Gasteiger charge is -2.37. The van der Waals surface area contributed by atoms with Gasteiger partial charge in [-0.25, -0.2) is 0 Å². The van der Waals surface area contributed by atoms with Gasteiger partial charge in [0.05, 0.1) is 0 Å². The minimum absolute atomic E-state index is 0.448. The number of allylic oxidation sites excluding steroid dienone is 2. The summed E-state index contributed by atoms with van der Waals surface area (Å²) in [5, 5.41) is 0. The maximum absolute atomic E-state index is 2.49. The highest BCUT2D eigenvalue weighted by molar-refractivity contribution is 4.93. The van der Waals surface area contributed by atoms with Crippen LogP contribution in [-0.4, -0.2) is 0 Å². The fraction of sp³-hybridized carbons (Fsp3) is 0.905. The topological polar surface area (TPSA) is 0 Å². The van der Waals surface area contributed by atoms with E-state index >= 15 is 0 Å². The van der Waals surface area contributed by atoms with Gasteiger partial charge in [-0.3, -0.25) is 0 Å². The molecule has 3 unspecified atom stereocenters. The molecule has 0 aromatic rings. The van der Waals surface area contributed by atoms with Crippen LogP contribution < -0.4 is 0 Å². The van der Waals surface area contributed by atoms with Crippen molar-refractivity contribution >= 4 is 0 Å². The fourth-order valence-corrected chi connectivity index (χ4v) is 3.35. The third-order valence-electron chi connectivity index (χ3n) is 5.45. The minimum Gasteiger partial charge on any atom is -0.0914 e. The fourth-order valence-electron chi connectivity index (χ4n) is 3.35. The quantitative estimate of drug-likeness (QED) is 0.346. The van der Waals surface area contributed by atoms with Crippen LogP contribution in [0.1, 0.15) is 93.9 Å². The molecule has 0 aliphatic carbocycles. The predicted molar refractivity (Wildman–Crippen MR) is 98.6 cm³/mol. The second-order valence-corrected chi connectivity index (χ2v) is 8.37. The highest BCUT2D eigenvalue weighted by atomic mass is 14.4. The maximum Gasteiger partial charge on any atom is -0.0203 e. The highest BCUT2D eigenvalue weighted by Gasteiger charge is 2.30. The molecule has 0 spiro atoms. The number of rotatable bonds is 11. The molecule has 0 heterocycles. The average molecular weight is 295 g/mol. The van der Waals surface area contributed by atoms with Crippen molar-refractivity contribution in [3.05, 3.63) is 12.2 Å². The van der Waals surface area contributed by atoms with Crippen molar-refractivity contribution in [1.82, 2.24) is 0 Å². The van der Waals surface area contributed by atoms with E-state index in [0.717, 1.165) is 23.7 Å². The summed E-state index contributed by atoms with van der Waals surface area (Å²) in [6, 6.07) is 0. The monoisotopic (exact) mass is 294 g/mol. The van der Waals surface area contributed by atoms with Crippen LogP contribution in [0.15, 0.2) is 12.2 Å². The van der Waals surface area contributed by atoms with E-state index in [1.807, 2.05) is 0 Å². The average Bonchev–Trinajstić information content (AvgIpc) is 2.40. The van der Waals surface area contributed by atoms with Crippen molar-refractivity contribution in [3.8, 4) is 0 Å². The van der Waals surface area contributed by atoms with Crippen molar-refractivity contribution in [2.24, 2.45) is 29.1 Å². The van der Waals surface area contributed by atoms with Gasteiger partial charge < -0.3 is 0 Å². The van der Waals surface area contributed by atoms with Gasteiger partial charge in [-0.2, -0.15) is 0 Å². The van der Waals surface area contributed by atoms with E-state index in [2.05, 4.69) is 67.5 Å². The van der Waals surface area contributed by atoms with Gasteiger partial charge in [0, 0.05) is 0 Å². The first-order valence-corrected chi connectivity index (χ1v) is 9.37. The molecule has 0 aliphatic rings. The Balaban J connectivity index is 4.60. The number of hydrogen-bond donors (Lipinski definition) is 0. The zero-order valence-electron chi connectivity index (χ0n) is 16.2. The molecule has 0 bridgehead atoms. The lowest BCUT2D eigenvalue weighted by atomic mass is 9.68. The summed E-state index contributed by atoms with van der Waals surface area (Å²) in [5.74, 6) is 3.21. The van der Waals surface area contributed by atoms with E-state index in [4.69, 9.17) is 0 Å². The van der Waals surface area contributed by atoms with Crippen molar-refractivity contribution in [3.63, 3.8) is 0 Å². The summed E-state index contributed by atoms with van der Waals surface area (Å²) in [6.45, 7) is 19.0. The van der Waals surface area contributed by atoms with E-state index in [1.165, 1.54) is 38.5 Å². The molecule has 0 nitrogen and oxygen atoms in total. The smallest absolute Gasteiger partial charge is 0.0203 e. The molecular formula is C21H42. The molecule has 0 aromatic heterocycles. The van der Waals surface area contributed by atoms with Gasteiger partial charge in [0.2, 0.25) is 0 Å². The Hall–Kier alpha value is -0.260. The van der Waals surface area contributed by atoms with E-state index < -0.39 is 0 Å². The van der Waals surface area contributed by atoms with Gasteiger partial charge >= 0.3 is 0 Å². The predicted octanol–water partition coefficient (Wildman–Crippen LogP) is 7.49. The van der Waals surface area contributed by atoms with E-state index in [-0.39, 0.29) is 0 Å². The van der Waals surface area contributed by atoms with E-state index in [9.17, 15) is 0 Å². The summed E-state index contributed by atoms with van der Waals surface area (Å²) in [7, 11) is 0. The zero-order chi connectivity index (χ0) is 16.5. The van der Waals surface area contributed by atoms with Gasteiger partial charge in [-0.15, -0.1) is 0 Å². The Morgan fingerprint density at radius 2 is 1.52 bits per heavy atom. The van der Waals surface area contributed by atoms with Crippen molar-refractivity contribution < 1.29 is 0 Å². The summed E-state index contributed by atoms with van der Waals surface area (Å²) < 4.78 is 0. The molecule has 0 heteroatoms. The standard InChI is InChI=1S/C21H42/c1-9-11-18(5)15-16-21(7,8)19(6)20(12-10-2)14-13-17(3)4/h10,12,17-20H,9,11,13-16H2,1-8H3. The Kier molecular flexibility index (Phi) is 10.3. The first-order valence-electron chi connectivity index (χ1n) is 9.37. The normalized spacial score (nSPS) is 17.4. The SMILES string of the molecule is CC=CC(CCC(C)C)C(C)C(C)(C)CCC(C)CCC. The largest absolute Gasteiger partial charge is 0.0914 e. The van der Waals surface area contributed by atoms with Crippen molar-refractivity contribution in [1.29, 1.82) is 0 Å². The Bertz CT molecular complexity index is 272. The molecule has 0 aliphatic heterocycles. The second kappa shape index (κ2) is 10.5. The minimum atomic E-state index is 0.448. The third kappa shape index (κ3) is 8.69. The van der Waals surface area contributed by atoms with Crippen LogP contribution in [0.3, 0.4) is 0 Å². The first-order chi connectivity index (χ1) is 9.74. The summed E-state index contributed by atoms with van der Waals surface area (Å²) in [4.78, 5) is 0. The van der Waals surface area contributed by atoms with Crippen LogP contribution >= 0.6 is 0 Å². The highest BCUT2D eigenvalue weighted by Crippen LogP contribution is 2.40. The van der Waals surface area contributed by atoms with Gasteiger partial charge in [0.15, 0.2) is 0 Å². The summed E-state index contributed by atoms with van der Waals surface area (Å²) >= 11 is 0. The molecule has 0 fully saturated rings. The molecule has 0 saturated heterocycles. The third-order valence-corrected chi connectivity index (χ3v) is 5.45. The lowest BCUT2D eigenvalue weighted by Crippen LogP contribution is -2.28. The van der Waals surface area contributed by atoms with Crippen LogP contribution in [0.25, 0.3) is 0 Å². The maximum atomic E-state index is 2.49. The molecule has 3 atom stereocenters. The van der Waals surface area contributed by atoms with Gasteiger partial charge in [0.25, 0.3) is 0 Å². The zero-order valence-corrected chi connectivity index (χ0v) is 16.2. The molecule has 0 amide bonds. The molecule has 21 heavy (non-hydrogen) atoms. The van der Waals surface area contributed by atoms with Crippen LogP contribution in [-0.2, 0) is 0 Å². The molecule has 126 valence electrons. The lowest BCUT2D eigenvalue weighted by molar-refractivity contribution is 0.145. The van der Waals surface area contributed by atoms with E-state index in [0.29, 0.717) is 5.41 Å². The van der Waals surface area contributed by atoms with Gasteiger partial charge in [-0.05, 0) is 48.9 Å². The molecule has 0 rings (SSSR count). The van der Waals surface area contributed by atoms with Gasteiger partial charge in [-0.1, -0.05) is 86.3 Å². The Labute approximate surface area is 135 Å². The van der Waals surface area contributed by atoms with Crippen LogP contribution in [0.2, 0.25) is 0 Å². The molecule has 0 saturated carbocycles. The van der Waals surface area contributed by atoms with E-state index in [1.54, 1.807) is 0 Å². The Morgan fingerprint density at radius 1 is 0.905 bits per heavy atom. The summed E-state index contributed by atoms with van der Waals surface area (Å²) in [6.07, 6.45) is 12.9. The van der Waals surface area contributed by atoms with Crippen LogP contribution in [0.4, 0.5) is 0 Å². The second-order valence-electron chi connectivity index (χ2n) is 8.37. The molecular weight excluding hydrogens is 252 g/mol. The molecule has 0 radical (unpaired) electrons. The van der Waals surface area contributed by atoms with Crippen molar-refractivity contribution in [2.45, 2.75) is 93.9 Å².